The van der Waals surface area contributed by atoms with E-state index in [-0.39, 0.29) is 22.5 Å². The minimum Gasteiger partial charge on any atom is -0.462 e. The normalized spacial score (nSPS) is 11.2. The van der Waals surface area contributed by atoms with Crippen molar-refractivity contribution >= 4 is 54.3 Å². The molecule has 1 aromatic heterocycles. The van der Waals surface area contributed by atoms with Crippen molar-refractivity contribution in [3.05, 3.63) is 83.9 Å². The summed E-state index contributed by atoms with van der Waals surface area (Å²) in [6.07, 6.45) is 0. The highest BCUT2D eigenvalue weighted by Gasteiger charge is 2.17. The first-order valence-corrected chi connectivity index (χ1v) is 12.2. The van der Waals surface area contributed by atoms with E-state index in [1.807, 2.05) is 0 Å². The first-order valence-electron chi connectivity index (χ1n) is 9.93. The maximum atomic E-state index is 12.7. The van der Waals surface area contributed by atoms with Gasteiger partial charge in [0.2, 0.25) is 0 Å². The first-order chi connectivity index (χ1) is 15.9. The van der Waals surface area contributed by atoms with Crippen LogP contribution in [0.1, 0.15) is 27.6 Å². The van der Waals surface area contributed by atoms with Gasteiger partial charge in [-0.25, -0.2) is 18.2 Å². The van der Waals surface area contributed by atoms with Gasteiger partial charge in [-0.1, -0.05) is 35.6 Å². The lowest BCUT2D eigenvalue weighted by molar-refractivity contribution is 0.0526. The van der Waals surface area contributed by atoms with E-state index < -0.39 is 16.0 Å². The second-order valence-electron chi connectivity index (χ2n) is 6.88. The molecule has 0 saturated carbocycles. The number of ether oxygens (including phenoxy) is 1. The summed E-state index contributed by atoms with van der Waals surface area (Å²) < 4.78 is 33.2. The zero-order valence-corrected chi connectivity index (χ0v) is 19.1. The number of amides is 1. The van der Waals surface area contributed by atoms with E-state index in [2.05, 4.69) is 15.0 Å². The maximum Gasteiger partial charge on any atom is 0.338 e. The van der Waals surface area contributed by atoms with Crippen molar-refractivity contribution in [1.82, 2.24) is 4.98 Å². The molecule has 0 aliphatic rings. The van der Waals surface area contributed by atoms with Crippen LogP contribution in [0.2, 0.25) is 0 Å². The average molecular weight is 482 g/mol. The number of rotatable bonds is 7. The van der Waals surface area contributed by atoms with Crippen molar-refractivity contribution in [2.24, 2.45) is 0 Å². The maximum absolute atomic E-state index is 12.7. The molecule has 0 radical (unpaired) electrons. The van der Waals surface area contributed by atoms with Crippen LogP contribution in [-0.2, 0) is 14.8 Å². The van der Waals surface area contributed by atoms with E-state index >= 15 is 0 Å². The van der Waals surface area contributed by atoms with Crippen LogP contribution in [-0.4, -0.2) is 31.9 Å². The molecule has 2 N–H and O–H groups in total. The molecule has 10 heteroatoms. The van der Waals surface area contributed by atoms with Crippen molar-refractivity contribution in [1.29, 1.82) is 0 Å². The lowest BCUT2D eigenvalue weighted by Gasteiger charge is -2.07. The molecule has 8 nitrogen and oxygen atoms in total. The highest BCUT2D eigenvalue weighted by atomic mass is 32.2. The van der Waals surface area contributed by atoms with Gasteiger partial charge in [0.15, 0.2) is 5.13 Å². The predicted molar refractivity (Wildman–Crippen MR) is 127 cm³/mol. The van der Waals surface area contributed by atoms with Crippen LogP contribution >= 0.6 is 11.3 Å². The Hall–Kier alpha value is -3.76. The monoisotopic (exact) mass is 481 g/mol. The van der Waals surface area contributed by atoms with Gasteiger partial charge in [-0.3, -0.25) is 9.52 Å². The molecule has 0 aliphatic carbocycles. The van der Waals surface area contributed by atoms with Gasteiger partial charge in [-0.15, -0.1) is 0 Å². The number of carbonyl (C=O) groups is 2. The number of esters is 1. The molecule has 0 saturated heterocycles. The number of nitrogens with one attached hydrogen (secondary N) is 2. The van der Waals surface area contributed by atoms with Gasteiger partial charge < -0.3 is 10.1 Å². The number of benzene rings is 3. The third-order valence-corrected chi connectivity index (χ3v) is 6.98. The van der Waals surface area contributed by atoms with E-state index in [1.54, 1.807) is 61.5 Å². The van der Waals surface area contributed by atoms with Gasteiger partial charge >= 0.3 is 5.97 Å². The Labute approximate surface area is 194 Å². The molecule has 168 valence electrons. The summed E-state index contributed by atoms with van der Waals surface area (Å²) in [5.74, 6) is -0.845. The molecule has 3 aromatic carbocycles. The SMILES string of the molecule is CCOC(=O)c1cccc(NC(=O)c2ccc3nc(NS(=O)(=O)c4ccccc4)sc3c2)c1. The Balaban J connectivity index is 1.52. The van der Waals surface area contributed by atoms with E-state index in [1.165, 1.54) is 18.2 Å². The van der Waals surface area contributed by atoms with Crippen molar-refractivity contribution in [3.8, 4) is 0 Å². The van der Waals surface area contributed by atoms with Crippen molar-refractivity contribution in [2.75, 3.05) is 16.6 Å². The smallest absolute Gasteiger partial charge is 0.338 e. The Kier molecular flexibility index (Phi) is 6.38. The first kappa shape index (κ1) is 22.4. The van der Waals surface area contributed by atoms with Gasteiger partial charge in [-0.2, -0.15) is 0 Å². The largest absolute Gasteiger partial charge is 0.462 e. The zero-order valence-electron chi connectivity index (χ0n) is 17.4. The fraction of sp³-hybridized carbons (Fsp3) is 0.0870. The molecule has 0 spiro atoms. The molecule has 4 rings (SSSR count). The van der Waals surface area contributed by atoms with Gasteiger partial charge in [0.05, 0.1) is 27.3 Å². The number of aromatic nitrogens is 1. The standard InChI is InChI=1S/C23H19N3O5S2/c1-2-31-22(28)16-7-6-8-17(13-16)24-21(27)15-11-12-19-20(14-15)32-23(25-19)26-33(29,30)18-9-4-3-5-10-18/h3-14H,2H2,1H3,(H,24,27)(H,25,26). The molecule has 0 aliphatic heterocycles. The highest BCUT2D eigenvalue weighted by molar-refractivity contribution is 7.93. The van der Waals surface area contributed by atoms with Crippen molar-refractivity contribution < 1.29 is 22.7 Å². The summed E-state index contributed by atoms with van der Waals surface area (Å²) >= 11 is 1.13. The van der Waals surface area contributed by atoms with Crippen LogP contribution in [0.5, 0.6) is 0 Å². The molecular formula is C23H19N3O5S2. The summed E-state index contributed by atoms with van der Waals surface area (Å²) in [6.45, 7) is 1.98. The predicted octanol–water partition coefficient (Wildman–Crippen LogP) is 4.53. The summed E-state index contributed by atoms with van der Waals surface area (Å²) in [6, 6.07) is 19.4. The topological polar surface area (TPSA) is 114 Å². The fourth-order valence-electron chi connectivity index (χ4n) is 3.02. The molecule has 0 fully saturated rings. The molecule has 0 atom stereocenters. The number of sulfonamides is 1. The van der Waals surface area contributed by atoms with E-state index in [0.29, 0.717) is 27.0 Å². The molecular weight excluding hydrogens is 462 g/mol. The second kappa shape index (κ2) is 9.39. The third-order valence-electron chi connectivity index (χ3n) is 4.56. The lowest BCUT2D eigenvalue weighted by Crippen LogP contribution is -2.12. The van der Waals surface area contributed by atoms with Crippen LogP contribution in [0.15, 0.2) is 77.7 Å². The molecule has 33 heavy (non-hydrogen) atoms. The molecule has 0 bridgehead atoms. The van der Waals surface area contributed by atoms with Crippen LogP contribution < -0.4 is 10.0 Å². The summed E-state index contributed by atoms with van der Waals surface area (Å²) in [7, 11) is -3.76. The Morgan fingerprint density at radius 3 is 2.52 bits per heavy atom. The Morgan fingerprint density at radius 1 is 0.970 bits per heavy atom. The number of carbonyl (C=O) groups excluding carboxylic acids is 2. The number of fused-ring (bicyclic) bond motifs is 1. The fourth-order valence-corrected chi connectivity index (χ4v) is 5.19. The Morgan fingerprint density at radius 2 is 1.76 bits per heavy atom. The lowest BCUT2D eigenvalue weighted by atomic mass is 10.1. The summed E-state index contributed by atoms with van der Waals surface area (Å²) in [5.41, 5.74) is 1.71. The van der Waals surface area contributed by atoms with E-state index in [9.17, 15) is 18.0 Å². The minimum absolute atomic E-state index is 0.134. The van der Waals surface area contributed by atoms with E-state index in [0.717, 1.165) is 11.3 Å². The number of anilines is 2. The van der Waals surface area contributed by atoms with Crippen LogP contribution in [0.3, 0.4) is 0 Å². The Bertz CT molecular complexity index is 1430. The van der Waals surface area contributed by atoms with Crippen molar-refractivity contribution in [3.63, 3.8) is 0 Å². The van der Waals surface area contributed by atoms with Crippen molar-refractivity contribution in [2.45, 2.75) is 11.8 Å². The quantitative estimate of drug-likeness (QED) is 0.375. The number of hydrogen-bond acceptors (Lipinski definition) is 7. The summed E-state index contributed by atoms with van der Waals surface area (Å²) in [5, 5.41) is 2.96. The van der Waals surface area contributed by atoms with Gasteiger partial charge in [0.1, 0.15) is 0 Å². The summed E-state index contributed by atoms with van der Waals surface area (Å²) in [4.78, 5) is 29.1. The highest BCUT2D eigenvalue weighted by Crippen LogP contribution is 2.29. The van der Waals surface area contributed by atoms with Crippen LogP contribution in [0.25, 0.3) is 10.2 Å². The van der Waals surface area contributed by atoms with Gasteiger partial charge in [0, 0.05) is 11.3 Å². The molecule has 1 heterocycles. The van der Waals surface area contributed by atoms with Crippen LogP contribution in [0.4, 0.5) is 10.8 Å². The second-order valence-corrected chi connectivity index (χ2v) is 9.59. The molecule has 0 unspecified atom stereocenters. The average Bonchev–Trinajstić information content (AvgIpc) is 3.20. The van der Waals surface area contributed by atoms with E-state index in [4.69, 9.17) is 4.74 Å². The zero-order chi connectivity index (χ0) is 23.4. The number of thiazole rings is 1. The number of hydrogen-bond donors (Lipinski definition) is 2. The molecule has 1 amide bonds. The van der Waals surface area contributed by atoms with Gasteiger partial charge in [-0.05, 0) is 55.5 Å². The van der Waals surface area contributed by atoms with Crippen LogP contribution in [0, 0.1) is 0 Å². The minimum atomic E-state index is -3.76. The molecule has 4 aromatic rings. The van der Waals surface area contributed by atoms with Gasteiger partial charge in [0.25, 0.3) is 15.9 Å². The third kappa shape index (κ3) is 5.18. The number of nitrogens with zero attached hydrogens (tertiary/aromatic N) is 1.